The maximum atomic E-state index is 12.9. The predicted molar refractivity (Wildman–Crippen MR) is 48.9 cm³/mol. The summed E-state index contributed by atoms with van der Waals surface area (Å²) in [7, 11) is 0. The van der Waals surface area contributed by atoms with E-state index in [2.05, 4.69) is 25.9 Å². The summed E-state index contributed by atoms with van der Waals surface area (Å²) >= 11 is 5.65. The molecule has 2 rings (SSSR count). The van der Waals surface area contributed by atoms with Crippen LogP contribution in [-0.2, 0) is 0 Å². The lowest BCUT2D eigenvalue weighted by Crippen LogP contribution is -1.93. The molecular formula is C7H5ClFN5. The summed E-state index contributed by atoms with van der Waals surface area (Å²) in [5.41, 5.74) is 0.469. The molecular weight excluding hydrogens is 209 g/mol. The number of anilines is 2. The van der Waals surface area contributed by atoms with Crippen molar-refractivity contribution < 1.29 is 4.39 Å². The van der Waals surface area contributed by atoms with E-state index < -0.39 is 5.82 Å². The molecule has 14 heavy (non-hydrogen) atoms. The smallest absolute Gasteiger partial charge is 0.267 e. The quantitative estimate of drug-likeness (QED) is 0.798. The SMILES string of the molecule is Fc1cc(Cl)cc(Nc2nn[nH]n2)c1. The fraction of sp³-hybridized carbons (Fsp3) is 0. The largest absolute Gasteiger partial charge is 0.321 e. The number of aromatic amines is 1. The van der Waals surface area contributed by atoms with Gasteiger partial charge in [-0.25, -0.2) is 4.39 Å². The van der Waals surface area contributed by atoms with Crippen LogP contribution in [0, 0.1) is 5.82 Å². The Morgan fingerprint density at radius 1 is 1.36 bits per heavy atom. The molecule has 72 valence electrons. The lowest BCUT2D eigenvalue weighted by molar-refractivity contribution is 0.628. The second-order valence-corrected chi connectivity index (χ2v) is 2.95. The van der Waals surface area contributed by atoms with Gasteiger partial charge in [0.15, 0.2) is 0 Å². The van der Waals surface area contributed by atoms with Crippen molar-refractivity contribution in [3.05, 3.63) is 29.0 Å². The monoisotopic (exact) mass is 213 g/mol. The minimum absolute atomic E-state index is 0.256. The van der Waals surface area contributed by atoms with Crippen molar-refractivity contribution in [2.45, 2.75) is 0 Å². The van der Waals surface area contributed by atoms with Gasteiger partial charge in [0.2, 0.25) is 0 Å². The molecule has 0 radical (unpaired) electrons. The molecule has 0 spiro atoms. The molecule has 0 amide bonds. The molecule has 0 aliphatic carbocycles. The minimum Gasteiger partial charge on any atom is -0.321 e. The van der Waals surface area contributed by atoms with Gasteiger partial charge in [0.05, 0.1) is 0 Å². The zero-order chi connectivity index (χ0) is 9.97. The Morgan fingerprint density at radius 3 is 2.86 bits per heavy atom. The number of tetrazole rings is 1. The number of aromatic nitrogens is 4. The van der Waals surface area contributed by atoms with Crippen LogP contribution in [0.1, 0.15) is 0 Å². The third kappa shape index (κ3) is 1.97. The zero-order valence-electron chi connectivity index (χ0n) is 6.83. The molecule has 5 nitrogen and oxygen atoms in total. The van der Waals surface area contributed by atoms with Crippen LogP contribution in [0.15, 0.2) is 18.2 Å². The normalized spacial score (nSPS) is 10.1. The third-order valence-electron chi connectivity index (χ3n) is 1.46. The number of H-pyrrole nitrogens is 1. The summed E-state index contributed by atoms with van der Waals surface area (Å²) in [4.78, 5) is 0. The van der Waals surface area contributed by atoms with Crippen LogP contribution in [0.25, 0.3) is 0 Å². The number of benzene rings is 1. The molecule has 0 saturated heterocycles. The molecule has 0 saturated carbocycles. The topological polar surface area (TPSA) is 66.5 Å². The van der Waals surface area contributed by atoms with Gasteiger partial charge in [-0.1, -0.05) is 16.7 Å². The van der Waals surface area contributed by atoms with Gasteiger partial charge in [-0.15, -0.1) is 5.10 Å². The van der Waals surface area contributed by atoms with Crippen molar-refractivity contribution in [1.29, 1.82) is 0 Å². The molecule has 1 heterocycles. The third-order valence-corrected chi connectivity index (χ3v) is 1.68. The average molecular weight is 214 g/mol. The van der Waals surface area contributed by atoms with E-state index in [1.165, 1.54) is 12.1 Å². The summed E-state index contributed by atoms with van der Waals surface area (Å²) in [6, 6.07) is 4.05. The van der Waals surface area contributed by atoms with Crippen LogP contribution < -0.4 is 5.32 Å². The second kappa shape index (κ2) is 3.59. The standard InChI is InChI=1S/C7H5ClFN5/c8-4-1-5(9)3-6(2-4)10-7-11-13-14-12-7/h1-3H,(H2,10,11,12,13,14). The van der Waals surface area contributed by atoms with Crippen LogP contribution in [-0.4, -0.2) is 20.6 Å². The van der Waals surface area contributed by atoms with Crippen molar-refractivity contribution >= 4 is 23.2 Å². The van der Waals surface area contributed by atoms with E-state index in [1.807, 2.05) is 0 Å². The predicted octanol–water partition coefficient (Wildman–Crippen LogP) is 1.74. The zero-order valence-corrected chi connectivity index (χ0v) is 7.59. The second-order valence-electron chi connectivity index (χ2n) is 2.52. The van der Waals surface area contributed by atoms with Crippen LogP contribution in [0.5, 0.6) is 0 Å². The molecule has 2 N–H and O–H groups in total. The molecule has 0 aliphatic rings. The van der Waals surface area contributed by atoms with E-state index in [9.17, 15) is 4.39 Å². The van der Waals surface area contributed by atoms with Crippen LogP contribution in [0.2, 0.25) is 5.02 Å². The molecule has 0 unspecified atom stereocenters. The maximum absolute atomic E-state index is 12.9. The van der Waals surface area contributed by atoms with Crippen LogP contribution in [0.3, 0.4) is 0 Å². The average Bonchev–Trinajstić information content (AvgIpc) is 2.54. The van der Waals surface area contributed by atoms with Crippen molar-refractivity contribution in [3.8, 4) is 0 Å². The first-order valence-corrected chi connectivity index (χ1v) is 4.08. The van der Waals surface area contributed by atoms with Crippen molar-refractivity contribution in [2.24, 2.45) is 0 Å². The minimum atomic E-state index is -0.427. The Kier molecular flexibility index (Phi) is 2.28. The lowest BCUT2D eigenvalue weighted by atomic mass is 10.3. The molecule has 0 fully saturated rings. The van der Waals surface area contributed by atoms with Crippen molar-refractivity contribution in [3.63, 3.8) is 0 Å². The molecule has 0 atom stereocenters. The molecule has 2 aromatic rings. The van der Waals surface area contributed by atoms with Crippen LogP contribution in [0.4, 0.5) is 16.0 Å². The van der Waals surface area contributed by atoms with Crippen molar-refractivity contribution in [1.82, 2.24) is 20.6 Å². The Morgan fingerprint density at radius 2 is 2.21 bits per heavy atom. The highest BCUT2D eigenvalue weighted by atomic mass is 35.5. The Labute approximate surface area is 83.3 Å². The van der Waals surface area contributed by atoms with Gasteiger partial charge >= 0.3 is 0 Å². The number of nitrogens with zero attached hydrogens (tertiary/aromatic N) is 3. The number of rotatable bonds is 2. The first-order valence-electron chi connectivity index (χ1n) is 3.70. The van der Waals surface area contributed by atoms with E-state index in [4.69, 9.17) is 11.6 Å². The van der Waals surface area contributed by atoms with Gasteiger partial charge in [0.25, 0.3) is 5.95 Å². The Balaban J connectivity index is 2.25. The van der Waals surface area contributed by atoms with Gasteiger partial charge in [-0.2, -0.15) is 5.21 Å². The summed E-state index contributed by atoms with van der Waals surface area (Å²) in [6.45, 7) is 0. The molecule has 0 bridgehead atoms. The molecule has 1 aromatic carbocycles. The number of hydrogen-bond donors (Lipinski definition) is 2. The molecule has 1 aromatic heterocycles. The van der Waals surface area contributed by atoms with Gasteiger partial charge < -0.3 is 5.32 Å². The Hall–Kier alpha value is -1.69. The highest BCUT2D eigenvalue weighted by Gasteiger charge is 2.01. The van der Waals surface area contributed by atoms with E-state index in [0.29, 0.717) is 10.7 Å². The lowest BCUT2D eigenvalue weighted by Gasteiger charge is -2.01. The van der Waals surface area contributed by atoms with Crippen molar-refractivity contribution in [2.75, 3.05) is 5.32 Å². The van der Waals surface area contributed by atoms with Gasteiger partial charge in [-0.05, 0) is 23.4 Å². The van der Waals surface area contributed by atoms with Gasteiger partial charge in [-0.3, -0.25) is 0 Å². The van der Waals surface area contributed by atoms with E-state index in [-0.39, 0.29) is 5.95 Å². The first-order chi connectivity index (χ1) is 6.74. The first kappa shape index (κ1) is 8.89. The molecule has 0 aliphatic heterocycles. The highest BCUT2D eigenvalue weighted by molar-refractivity contribution is 6.30. The maximum Gasteiger partial charge on any atom is 0.267 e. The number of halogens is 2. The number of nitrogens with one attached hydrogen (secondary N) is 2. The molecule has 7 heteroatoms. The van der Waals surface area contributed by atoms with Gasteiger partial charge in [0.1, 0.15) is 5.82 Å². The highest BCUT2D eigenvalue weighted by Crippen LogP contribution is 2.19. The summed E-state index contributed by atoms with van der Waals surface area (Å²) in [5.74, 6) is -0.171. The summed E-state index contributed by atoms with van der Waals surface area (Å²) < 4.78 is 12.9. The fourth-order valence-electron chi connectivity index (χ4n) is 0.970. The number of hydrogen-bond acceptors (Lipinski definition) is 4. The Bertz CT molecular complexity index is 409. The van der Waals surface area contributed by atoms with E-state index in [1.54, 1.807) is 6.07 Å². The summed E-state index contributed by atoms with van der Waals surface area (Å²) in [6.07, 6.45) is 0. The van der Waals surface area contributed by atoms with Crippen LogP contribution >= 0.6 is 11.6 Å². The van der Waals surface area contributed by atoms with E-state index in [0.717, 1.165) is 0 Å². The fourth-order valence-corrected chi connectivity index (χ4v) is 1.19. The van der Waals surface area contributed by atoms with Gasteiger partial charge in [0, 0.05) is 10.7 Å². The van der Waals surface area contributed by atoms with E-state index >= 15 is 0 Å². The summed E-state index contributed by atoms with van der Waals surface area (Å²) in [5, 5.41) is 15.9.